The van der Waals surface area contributed by atoms with E-state index < -0.39 is 11.8 Å². The molecule has 26 heavy (non-hydrogen) atoms. The maximum Gasteiger partial charge on any atom is 0.343 e. The highest BCUT2D eigenvalue weighted by molar-refractivity contribution is 6.31. The van der Waals surface area contributed by atoms with Gasteiger partial charge in [-0.25, -0.2) is 9.18 Å². The number of aryl methyl sites for hydroxylation is 1. The molecule has 2 N–H and O–H groups in total. The monoisotopic (exact) mass is 380 g/mol. The SMILES string of the molecule is COC(=O)COc1ccc(NCC(=O)Nc2ccc(F)c(Cl)c2)c(C)c1. The number of benzene rings is 2. The van der Waals surface area contributed by atoms with Crippen molar-refractivity contribution in [2.24, 2.45) is 0 Å². The smallest absolute Gasteiger partial charge is 0.343 e. The predicted molar refractivity (Wildman–Crippen MR) is 97.2 cm³/mol. The van der Waals surface area contributed by atoms with Gasteiger partial charge in [-0.2, -0.15) is 0 Å². The Balaban J connectivity index is 1.89. The Morgan fingerprint density at radius 1 is 1.19 bits per heavy atom. The number of hydrogen-bond donors (Lipinski definition) is 2. The number of rotatable bonds is 7. The third kappa shape index (κ3) is 5.63. The van der Waals surface area contributed by atoms with E-state index in [-0.39, 0.29) is 24.1 Å². The highest BCUT2D eigenvalue weighted by Crippen LogP contribution is 2.22. The van der Waals surface area contributed by atoms with E-state index in [2.05, 4.69) is 15.4 Å². The lowest BCUT2D eigenvalue weighted by Crippen LogP contribution is -2.22. The third-order valence-corrected chi connectivity index (χ3v) is 3.71. The van der Waals surface area contributed by atoms with Crippen LogP contribution in [0.15, 0.2) is 36.4 Å². The Hall–Kier alpha value is -2.80. The number of esters is 1. The molecule has 2 aromatic rings. The second kappa shape index (κ2) is 9.05. The van der Waals surface area contributed by atoms with Crippen LogP contribution in [0.25, 0.3) is 0 Å². The fourth-order valence-corrected chi connectivity index (χ4v) is 2.26. The van der Waals surface area contributed by atoms with Gasteiger partial charge in [0.1, 0.15) is 11.6 Å². The fourth-order valence-electron chi connectivity index (χ4n) is 2.08. The van der Waals surface area contributed by atoms with Crippen molar-refractivity contribution in [2.45, 2.75) is 6.92 Å². The number of anilines is 2. The summed E-state index contributed by atoms with van der Waals surface area (Å²) in [5.74, 6) is -0.808. The van der Waals surface area contributed by atoms with E-state index >= 15 is 0 Å². The van der Waals surface area contributed by atoms with E-state index in [0.29, 0.717) is 11.4 Å². The van der Waals surface area contributed by atoms with Crippen LogP contribution in [0.5, 0.6) is 5.75 Å². The van der Waals surface area contributed by atoms with Crippen molar-refractivity contribution in [2.75, 3.05) is 30.9 Å². The number of halogens is 2. The molecular weight excluding hydrogens is 363 g/mol. The lowest BCUT2D eigenvalue weighted by molar-refractivity contribution is -0.142. The minimum atomic E-state index is -0.548. The molecule has 6 nitrogen and oxygen atoms in total. The summed E-state index contributed by atoms with van der Waals surface area (Å²) >= 11 is 5.68. The summed E-state index contributed by atoms with van der Waals surface area (Å²) in [6.07, 6.45) is 0. The zero-order valence-corrected chi connectivity index (χ0v) is 15.0. The first kappa shape index (κ1) is 19.5. The molecule has 0 radical (unpaired) electrons. The van der Waals surface area contributed by atoms with Crippen LogP contribution in [0.1, 0.15) is 5.56 Å². The van der Waals surface area contributed by atoms with Gasteiger partial charge in [-0.3, -0.25) is 4.79 Å². The standard InChI is InChI=1S/C18H18ClFN2O4/c1-11-7-13(26-10-18(24)25-2)4-6-16(11)21-9-17(23)22-12-3-5-15(20)14(19)8-12/h3-8,21H,9-10H2,1-2H3,(H,22,23). The summed E-state index contributed by atoms with van der Waals surface area (Å²) in [4.78, 5) is 23.1. The van der Waals surface area contributed by atoms with Gasteiger partial charge in [-0.15, -0.1) is 0 Å². The third-order valence-electron chi connectivity index (χ3n) is 3.42. The molecular formula is C18H18ClFN2O4. The van der Waals surface area contributed by atoms with Crippen LogP contribution < -0.4 is 15.4 Å². The van der Waals surface area contributed by atoms with Gasteiger partial charge in [0.15, 0.2) is 6.61 Å². The Labute approximate surface area is 155 Å². The van der Waals surface area contributed by atoms with Crippen LogP contribution in [0.4, 0.5) is 15.8 Å². The molecule has 0 saturated carbocycles. The molecule has 0 spiro atoms. The molecule has 0 aliphatic heterocycles. The highest BCUT2D eigenvalue weighted by Gasteiger charge is 2.08. The molecule has 138 valence electrons. The molecule has 0 aliphatic rings. The van der Waals surface area contributed by atoms with Crippen LogP contribution in [0.2, 0.25) is 5.02 Å². The Morgan fingerprint density at radius 3 is 2.62 bits per heavy atom. The van der Waals surface area contributed by atoms with Crippen LogP contribution in [-0.2, 0) is 14.3 Å². The van der Waals surface area contributed by atoms with E-state index in [1.807, 2.05) is 6.92 Å². The van der Waals surface area contributed by atoms with Crippen molar-refractivity contribution in [3.8, 4) is 5.75 Å². The summed E-state index contributed by atoms with van der Waals surface area (Å²) in [5, 5.41) is 5.56. The molecule has 8 heteroatoms. The minimum Gasteiger partial charge on any atom is -0.482 e. The van der Waals surface area contributed by atoms with Gasteiger partial charge in [0.05, 0.1) is 18.7 Å². The lowest BCUT2D eigenvalue weighted by Gasteiger charge is -2.12. The topological polar surface area (TPSA) is 76.7 Å². The van der Waals surface area contributed by atoms with Gasteiger partial charge in [-0.05, 0) is 48.9 Å². The summed E-state index contributed by atoms with van der Waals surface area (Å²) < 4.78 is 22.9. The minimum absolute atomic E-state index is 0.0121. The first-order valence-electron chi connectivity index (χ1n) is 7.68. The highest BCUT2D eigenvalue weighted by atomic mass is 35.5. The number of amides is 1. The van der Waals surface area contributed by atoms with Crippen molar-refractivity contribution >= 4 is 34.9 Å². The molecule has 0 fully saturated rings. The first-order chi connectivity index (χ1) is 12.4. The molecule has 2 rings (SSSR count). The predicted octanol–water partition coefficient (Wildman–Crippen LogP) is 3.39. The maximum atomic E-state index is 13.1. The van der Waals surface area contributed by atoms with Gasteiger partial charge in [0.2, 0.25) is 5.91 Å². The molecule has 0 heterocycles. The van der Waals surface area contributed by atoms with Gasteiger partial charge in [0, 0.05) is 11.4 Å². The second-order valence-electron chi connectivity index (χ2n) is 5.37. The molecule has 2 aromatic carbocycles. The normalized spacial score (nSPS) is 10.2. The summed E-state index contributed by atoms with van der Waals surface area (Å²) in [7, 11) is 1.29. The van der Waals surface area contributed by atoms with Gasteiger partial charge >= 0.3 is 5.97 Å². The Bertz CT molecular complexity index is 814. The maximum absolute atomic E-state index is 13.1. The van der Waals surface area contributed by atoms with Crippen molar-refractivity contribution in [1.29, 1.82) is 0 Å². The van der Waals surface area contributed by atoms with E-state index in [4.69, 9.17) is 16.3 Å². The van der Waals surface area contributed by atoms with Gasteiger partial charge < -0.3 is 20.1 Å². The average molecular weight is 381 g/mol. The summed E-state index contributed by atoms with van der Waals surface area (Å²) in [6, 6.07) is 9.11. The summed E-state index contributed by atoms with van der Waals surface area (Å²) in [5.41, 5.74) is 1.99. The van der Waals surface area contributed by atoms with Crippen molar-refractivity contribution < 1.29 is 23.5 Å². The summed E-state index contributed by atoms with van der Waals surface area (Å²) in [6.45, 7) is 1.68. The Kier molecular flexibility index (Phi) is 6.80. The van der Waals surface area contributed by atoms with Crippen LogP contribution >= 0.6 is 11.6 Å². The van der Waals surface area contributed by atoms with Crippen LogP contribution in [0.3, 0.4) is 0 Å². The van der Waals surface area contributed by atoms with Crippen molar-refractivity contribution in [3.05, 3.63) is 52.8 Å². The van der Waals surface area contributed by atoms with Crippen LogP contribution in [0, 0.1) is 12.7 Å². The largest absolute Gasteiger partial charge is 0.482 e. The van der Waals surface area contributed by atoms with Gasteiger partial charge in [0.25, 0.3) is 0 Å². The number of nitrogens with one attached hydrogen (secondary N) is 2. The molecule has 0 bridgehead atoms. The van der Waals surface area contributed by atoms with E-state index in [1.54, 1.807) is 18.2 Å². The average Bonchev–Trinajstić information content (AvgIpc) is 2.62. The van der Waals surface area contributed by atoms with E-state index in [9.17, 15) is 14.0 Å². The number of ether oxygens (including phenoxy) is 2. The van der Waals surface area contributed by atoms with Gasteiger partial charge in [-0.1, -0.05) is 11.6 Å². The second-order valence-corrected chi connectivity index (χ2v) is 5.78. The molecule has 0 atom stereocenters. The number of carbonyl (C=O) groups excluding carboxylic acids is 2. The van der Waals surface area contributed by atoms with E-state index in [0.717, 1.165) is 11.3 Å². The molecule has 0 aliphatic carbocycles. The molecule has 1 amide bonds. The molecule has 0 unspecified atom stereocenters. The lowest BCUT2D eigenvalue weighted by atomic mass is 10.2. The molecule has 0 aromatic heterocycles. The number of hydrogen-bond acceptors (Lipinski definition) is 5. The van der Waals surface area contributed by atoms with Crippen molar-refractivity contribution in [3.63, 3.8) is 0 Å². The van der Waals surface area contributed by atoms with E-state index in [1.165, 1.54) is 25.3 Å². The first-order valence-corrected chi connectivity index (χ1v) is 8.06. The van der Waals surface area contributed by atoms with Crippen LogP contribution in [-0.4, -0.2) is 32.1 Å². The quantitative estimate of drug-likeness (QED) is 0.720. The zero-order valence-electron chi connectivity index (χ0n) is 14.3. The Morgan fingerprint density at radius 2 is 1.96 bits per heavy atom. The zero-order chi connectivity index (χ0) is 19.1. The molecule has 0 saturated heterocycles. The fraction of sp³-hybridized carbons (Fsp3) is 0.222. The number of methoxy groups -OCH3 is 1. The number of carbonyl (C=O) groups is 2. The van der Waals surface area contributed by atoms with Crippen molar-refractivity contribution in [1.82, 2.24) is 0 Å².